The lowest BCUT2D eigenvalue weighted by atomic mass is 10.0. The minimum Gasteiger partial charge on any atom is -0.332 e. The van der Waals surface area contributed by atoms with Crippen molar-refractivity contribution < 1.29 is 4.79 Å². The third-order valence-electron chi connectivity index (χ3n) is 5.58. The van der Waals surface area contributed by atoms with Gasteiger partial charge in [-0.1, -0.05) is 76.8 Å². The van der Waals surface area contributed by atoms with Crippen LogP contribution in [0.3, 0.4) is 0 Å². The number of aromatic nitrogens is 1. The van der Waals surface area contributed by atoms with Crippen molar-refractivity contribution in [3.8, 4) is 0 Å². The van der Waals surface area contributed by atoms with Crippen molar-refractivity contribution in [2.75, 3.05) is 18.0 Å². The molecule has 4 rings (SSSR count). The summed E-state index contributed by atoms with van der Waals surface area (Å²) in [4.78, 5) is 21.0. The molecular weight excluding hydrogens is 487 g/mol. The number of alkyl halides is 3. The number of carbonyl (C=O) groups excluding carboxylic acids is 1. The quantitative estimate of drug-likeness (QED) is 0.411. The van der Waals surface area contributed by atoms with Crippen LogP contribution in [0.2, 0.25) is 0 Å². The van der Waals surface area contributed by atoms with Crippen molar-refractivity contribution in [1.29, 1.82) is 0 Å². The molecule has 1 aromatic heterocycles. The molecule has 5 nitrogen and oxygen atoms in total. The molecule has 2 heterocycles. The van der Waals surface area contributed by atoms with Crippen molar-refractivity contribution in [1.82, 2.24) is 15.2 Å². The molecule has 1 aliphatic heterocycles. The van der Waals surface area contributed by atoms with Gasteiger partial charge in [0.2, 0.25) is 9.70 Å². The molecule has 1 fully saturated rings. The zero-order valence-electron chi connectivity index (χ0n) is 17.3. The Balaban J connectivity index is 1.49. The Morgan fingerprint density at radius 1 is 1.19 bits per heavy atom. The largest absolute Gasteiger partial charge is 0.332 e. The number of carbonyl (C=O) groups is 1. The van der Waals surface area contributed by atoms with Gasteiger partial charge < -0.3 is 15.1 Å². The first kappa shape index (κ1) is 23.3. The summed E-state index contributed by atoms with van der Waals surface area (Å²) in [5.41, 5.74) is 2.90. The number of thiocarbonyl (C=S) groups is 1. The number of hydrogen-bond donors (Lipinski definition) is 1. The highest BCUT2D eigenvalue weighted by Gasteiger charge is 2.43. The van der Waals surface area contributed by atoms with E-state index in [9.17, 15) is 4.79 Å². The van der Waals surface area contributed by atoms with Crippen LogP contribution in [-0.4, -0.2) is 44.0 Å². The van der Waals surface area contributed by atoms with Gasteiger partial charge in [-0.05, 0) is 43.6 Å². The van der Waals surface area contributed by atoms with Gasteiger partial charge in [-0.3, -0.25) is 9.78 Å². The minimum atomic E-state index is -1.75. The molecule has 2 aromatic rings. The minimum absolute atomic E-state index is 0.186. The Labute approximate surface area is 208 Å². The Morgan fingerprint density at radius 2 is 2.00 bits per heavy atom. The van der Waals surface area contributed by atoms with Crippen LogP contribution in [0.25, 0.3) is 10.9 Å². The third kappa shape index (κ3) is 5.20. The van der Waals surface area contributed by atoms with Crippen LogP contribution in [0, 0.1) is 0 Å². The number of halogens is 3. The van der Waals surface area contributed by atoms with E-state index in [1.807, 2.05) is 35.2 Å². The average molecular weight is 510 g/mol. The second kappa shape index (κ2) is 9.96. The Morgan fingerprint density at radius 3 is 2.75 bits per heavy atom. The molecule has 32 heavy (non-hydrogen) atoms. The lowest BCUT2D eigenvalue weighted by molar-refractivity contribution is -0.122. The lowest BCUT2D eigenvalue weighted by Crippen LogP contribution is -2.56. The van der Waals surface area contributed by atoms with Gasteiger partial charge >= 0.3 is 0 Å². The van der Waals surface area contributed by atoms with Crippen molar-refractivity contribution >= 4 is 74.6 Å². The molecule has 0 spiro atoms. The molecule has 9 heteroatoms. The van der Waals surface area contributed by atoms with E-state index in [0.29, 0.717) is 31.0 Å². The Bertz CT molecular complexity index is 1080. The molecule has 1 N–H and O–H groups in total. The van der Waals surface area contributed by atoms with Crippen molar-refractivity contribution in [3.05, 3.63) is 60.3 Å². The maximum absolute atomic E-state index is 12.7. The van der Waals surface area contributed by atoms with Crippen molar-refractivity contribution in [3.63, 3.8) is 0 Å². The number of benzene rings is 1. The average Bonchev–Trinajstić information content (AvgIpc) is 3.16. The zero-order chi connectivity index (χ0) is 22.7. The SMILES string of the molecule is O=C(CCC1=CCCC=C1)NC(N1CCN(c2cccc3cccnc23)C1=S)C(Cl)(Cl)Cl. The normalized spacial score (nSPS) is 17.6. The van der Waals surface area contributed by atoms with Crippen molar-refractivity contribution in [2.24, 2.45) is 0 Å². The number of hydrogen-bond acceptors (Lipinski definition) is 3. The first-order valence-electron chi connectivity index (χ1n) is 10.5. The summed E-state index contributed by atoms with van der Waals surface area (Å²) in [6, 6.07) is 9.84. The molecule has 1 amide bonds. The van der Waals surface area contributed by atoms with Crippen LogP contribution in [0.4, 0.5) is 5.69 Å². The maximum Gasteiger partial charge on any atom is 0.228 e. The number of amides is 1. The maximum atomic E-state index is 12.7. The summed E-state index contributed by atoms with van der Waals surface area (Å²) >= 11 is 24.6. The number of anilines is 1. The van der Waals surface area contributed by atoms with Gasteiger partial charge in [-0.15, -0.1) is 0 Å². The highest BCUT2D eigenvalue weighted by atomic mass is 35.6. The number of rotatable bonds is 6. The van der Waals surface area contributed by atoms with Crippen LogP contribution < -0.4 is 10.2 Å². The van der Waals surface area contributed by atoms with Gasteiger partial charge in [-0.2, -0.15) is 0 Å². The summed E-state index contributed by atoms with van der Waals surface area (Å²) in [5.74, 6) is -0.186. The molecule has 1 aromatic carbocycles. The topological polar surface area (TPSA) is 48.5 Å². The summed E-state index contributed by atoms with van der Waals surface area (Å²) in [7, 11) is 0. The monoisotopic (exact) mass is 508 g/mol. The molecule has 0 radical (unpaired) electrons. The number of nitrogens with one attached hydrogen (secondary N) is 1. The Hall–Kier alpha value is -1.86. The molecular formula is C23H23Cl3N4OS. The fourth-order valence-corrected chi connectivity index (χ4v) is 4.90. The van der Waals surface area contributed by atoms with E-state index in [-0.39, 0.29) is 5.91 Å². The van der Waals surface area contributed by atoms with Gasteiger partial charge in [-0.25, -0.2) is 0 Å². The smallest absolute Gasteiger partial charge is 0.228 e. The van der Waals surface area contributed by atoms with E-state index >= 15 is 0 Å². The van der Waals surface area contributed by atoms with Gasteiger partial charge in [0.25, 0.3) is 0 Å². The van der Waals surface area contributed by atoms with Gasteiger partial charge in [0.05, 0.1) is 11.2 Å². The Kier molecular flexibility index (Phi) is 7.25. The van der Waals surface area contributed by atoms with E-state index in [4.69, 9.17) is 47.0 Å². The fraction of sp³-hybridized carbons (Fsp3) is 0.348. The molecule has 1 unspecified atom stereocenters. The summed E-state index contributed by atoms with van der Waals surface area (Å²) in [6.07, 6.45) is 10.2. The van der Waals surface area contributed by atoms with E-state index in [1.54, 1.807) is 11.1 Å². The van der Waals surface area contributed by atoms with Crippen LogP contribution in [-0.2, 0) is 4.79 Å². The second-order valence-electron chi connectivity index (χ2n) is 7.75. The molecule has 168 valence electrons. The van der Waals surface area contributed by atoms with Crippen LogP contribution in [0.5, 0.6) is 0 Å². The summed E-state index contributed by atoms with van der Waals surface area (Å²) in [5, 5.41) is 4.39. The fourth-order valence-electron chi connectivity index (χ4n) is 4.00. The van der Waals surface area contributed by atoms with Gasteiger partial charge in [0.1, 0.15) is 0 Å². The van der Waals surface area contributed by atoms with E-state index in [0.717, 1.165) is 35.0 Å². The molecule has 1 atom stereocenters. The summed E-state index contributed by atoms with van der Waals surface area (Å²) in [6.45, 7) is 1.11. The van der Waals surface area contributed by atoms with Crippen LogP contribution in [0.15, 0.2) is 60.3 Å². The highest BCUT2D eigenvalue weighted by molar-refractivity contribution is 7.80. The molecule has 0 saturated carbocycles. The van der Waals surface area contributed by atoms with Crippen LogP contribution in [0.1, 0.15) is 25.7 Å². The zero-order valence-corrected chi connectivity index (χ0v) is 20.4. The van der Waals surface area contributed by atoms with Gasteiger partial charge in [0.15, 0.2) is 11.3 Å². The third-order valence-corrected chi connectivity index (χ3v) is 6.65. The second-order valence-corrected chi connectivity index (χ2v) is 10.5. The summed E-state index contributed by atoms with van der Waals surface area (Å²) < 4.78 is -1.75. The van der Waals surface area contributed by atoms with E-state index in [1.165, 1.54) is 0 Å². The molecule has 2 aliphatic rings. The van der Waals surface area contributed by atoms with E-state index < -0.39 is 9.96 Å². The number of allylic oxidation sites excluding steroid dienone is 4. The molecule has 1 aliphatic carbocycles. The molecule has 1 saturated heterocycles. The number of fused-ring (bicyclic) bond motifs is 1. The lowest BCUT2D eigenvalue weighted by Gasteiger charge is -2.35. The highest BCUT2D eigenvalue weighted by Crippen LogP contribution is 2.36. The number of nitrogens with zero attached hydrogens (tertiary/aromatic N) is 3. The molecule has 0 bridgehead atoms. The first-order valence-corrected chi connectivity index (χ1v) is 12.0. The predicted molar refractivity (Wildman–Crippen MR) is 136 cm³/mol. The predicted octanol–water partition coefficient (Wildman–Crippen LogP) is 5.51. The standard InChI is InChI=1S/C23H23Cl3N4OS/c24-23(25,26)21(28-19(31)12-11-16-6-2-1-3-7-16)30-15-14-29(22(30)32)18-10-4-8-17-9-5-13-27-20(17)18/h2,4-10,13,21H,1,3,11-12,14-15H2,(H,28,31). The van der Waals surface area contributed by atoms with E-state index in [2.05, 4.69) is 28.5 Å². The van der Waals surface area contributed by atoms with Gasteiger partial charge in [0, 0.05) is 31.1 Å². The van der Waals surface area contributed by atoms with Crippen LogP contribution >= 0.6 is 47.0 Å². The first-order chi connectivity index (χ1) is 15.3. The van der Waals surface area contributed by atoms with Crippen molar-refractivity contribution in [2.45, 2.75) is 35.6 Å². The number of pyridine rings is 1. The number of para-hydroxylation sites is 1.